The lowest BCUT2D eigenvalue weighted by Crippen LogP contribution is -2.48. The lowest BCUT2D eigenvalue weighted by atomic mass is 9.98. The summed E-state index contributed by atoms with van der Waals surface area (Å²) in [5.41, 5.74) is 3.43. The summed E-state index contributed by atoms with van der Waals surface area (Å²) in [6.07, 6.45) is -0.538. The Morgan fingerprint density at radius 2 is 2.39 bits per heavy atom. The third kappa shape index (κ3) is 1.90. The molecule has 1 fully saturated rings. The van der Waals surface area contributed by atoms with Gasteiger partial charge < -0.3 is 25.6 Å². The molecule has 4 atom stereocenters. The van der Waals surface area contributed by atoms with E-state index in [-0.39, 0.29) is 11.7 Å². The minimum atomic E-state index is -2.05. The lowest BCUT2D eigenvalue weighted by molar-refractivity contribution is -0.0765. The van der Waals surface area contributed by atoms with Gasteiger partial charge in [-0.1, -0.05) is 6.58 Å². The van der Waals surface area contributed by atoms with Gasteiger partial charge in [-0.3, -0.25) is 0 Å². The van der Waals surface area contributed by atoms with E-state index in [1.807, 2.05) is 0 Å². The van der Waals surface area contributed by atoms with E-state index in [4.69, 9.17) is 15.6 Å². The minimum absolute atomic E-state index is 0.217. The van der Waals surface area contributed by atoms with Crippen molar-refractivity contribution >= 4 is 5.84 Å². The number of aliphatic hydroxyl groups excluding tert-OH is 2. The van der Waals surface area contributed by atoms with Crippen molar-refractivity contribution in [1.29, 1.82) is 0 Å². The van der Waals surface area contributed by atoms with Crippen LogP contribution in [0.1, 0.15) is 6.92 Å². The maximum absolute atomic E-state index is 14.5. The van der Waals surface area contributed by atoms with E-state index < -0.39 is 30.7 Å². The quantitative estimate of drug-likeness (QED) is 0.617. The van der Waals surface area contributed by atoms with Gasteiger partial charge in [-0.15, -0.1) is 0 Å². The highest BCUT2D eigenvalue weighted by molar-refractivity contribution is 5.92. The highest BCUT2D eigenvalue weighted by atomic mass is 19.1. The van der Waals surface area contributed by atoms with Crippen LogP contribution >= 0.6 is 0 Å². The summed E-state index contributed by atoms with van der Waals surface area (Å²) in [6.45, 7) is 4.39. The number of aliphatic imine (C=N–C) groups is 1. The molecule has 2 aliphatic rings. The van der Waals surface area contributed by atoms with Crippen LogP contribution in [0.2, 0.25) is 0 Å². The number of hydrogen-bond donors (Lipinski definition) is 3. The van der Waals surface area contributed by atoms with E-state index in [9.17, 15) is 9.50 Å². The molecule has 0 amide bonds. The Morgan fingerprint density at radius 3 is 2.89 bits per heavy atom. The van der Waals surface area contributed by atoms with Crippen LogP contribution in [0.3, 0.4) is 0 Å². The molecule has 0 aromatic rings. The third-order valence-electron chi connectivity index (χ3n) is 3.11. The monoisotopic (exact) mass is 257 g/mol. The normalized spacial score (nSPS) is 40.2. The molecule has 0 aliphatic carbocycles. The van der Waals surface area contributed by atoms with Gasteiger partial charge in [0.05, 0.1) is 6.61 Å². The topological polar surface area (TPSA) is 91.3 Å². The zero-order valence-electron chi connectivity index (χ0n) is 9.95. The van der Waals surface area contributed by atoms with Crippen LogP contribution in [0.25, 0.3) is 0 Å². The third-order valence-corrected chi connectivity index (χ3v) is 3.11. The van der Waals surface area contributed by atoms with Gasteiger partial charge in [0.2, 0.25) is 0 Å². The molecule has 0 spiro atoms. The van der Waals surface area contributed by atoms with Crippen molar-refractivity contribution in [2.75, 3.05) is 6.61 Å². The molecule has 1 unspecified atom stereocenters. The van der Waals surface area contributed by atoms with Crippen LogP contribution in [-0.2, 0) is 4.74 Å². The maximum Gasteiger partial charge on any atom is 0.181 e. The van der Waals surface area contributed by atoms with Crippen LogP contribution in [0, 0.1) is 0 Å². The van der Waals surface area contributed by atoms with E-state index in [2.05, 4.69) is 11.6 Å². The van der Waals surface area contributed by atoms with Crippen LogP contribution in [0.4, 0.5) is 4.39 Å². The van der Waals surface area contributed by atoms with Gasteiger partial charge >= 0.3 is 0 Å². The number of nitrogens with two attached hydrogens (primary N) is 1. The fourth-order valence-corrected chi connectivity index (χ4v) is 2.06. The number of alkyl halides is 1. The van der Waals surface area contributed by atoms with Crippen LogP contribution in [-0.4, -0.2) is 51.7 Å². The Bertz CT molecular complexity index is 422. The minimum Gasteiger partial charge on any atom is -0.394 e. The van der Waals surface area contributed by atoms with Crippen molar-refractivity contribution < 1.29 is 19.3 Å². The summed E-state index contributed by atoms with van der Waals surface area (Å²) in [7, 11) is 0. The van der Waals surface area contributed by atoms with Gasteiger partial charge in [0.25, 0.3) is 0 Å². The molecule has 2 rings (SSSR count). The molecule has 0 saturated carbocycles. The lowest BCUT2D eigenvalue weighted by Gasteiger charge is -2.34. The van der Waals surface area contributed by atoms with Crippen molar-refractivity contribution in [2.45, 2.75) is 31.0 Å². The fourth-order valence-electron chi connectivity index (χ4n) is 2.06. The number of amidine groups is 1. The first-order valence-electron chi connectivity index (χ1n) is 5.51. The second-order valence-electron chi connectivity index (χ2n) is 4.48. The zero-order valence-corrected chi connectivity index (χ0v) is 9.95. The molecule has 2 heterocycles. The Hall–Kier alpha value is -1.44. The van der Waals surface area contributed by atoms with Gasteiger partial charge in [-0.25, -0.2) is 9.38 Å². The second kappa shape index (κ2) is 4.34. The molecule has 18 heavy (non-hydrogen) atoms. The van der Waals surface area contributed by atoms with E-state index in [0.29, 0.717) is 0 Å². The first kappa shape index (κ1) is 13.0. The summed E-state index contributed by atoms with van der Waals surface area (Å²) in [4.78, 5) is 5.24. The van der Waals surface area contributed by atoms with Gasteiger partial charge in [-0.05, 0) is 13.0 Å². The molecule has 0 aromatic carbocycles. The Balaban J connectivity index is 2.25. The number of hydrogen-bond acceptors (Lipinski definition) is 6. The molecule has 7 heteroatoms. The summed E-state index contributed by atoms with van der Waals surface area (Å²) in [6, 6.07) is 0. The van der Waals surface area contributed by atoms with Crippen LogP contribution < -0.4 is 5.73 Å². The standard InChI is InChI=1S/C11H16FN3O3/c1-6-14-8(13)3-4-15(6)10-11(2,12)9(17)7(5-16)18-10/h3-4,7,9-10,16-17H,1,5H2,2H3,(H2,13,14)/t7-,9+,10-,11?/m1/s1. The first-order chi connectivity index (χ1) is 8.37. The van der Waals surface area contributed by atoms with Gasteiger partial charge in [-0.2, -0.15) is 0 Å². The molecule has 6 nitrogen and oxygen atoms in total. The first-order valence-corrected chi connectivity index (χ1v) is 5.51. The maximum atomic E-state index is 14.5. The van der Waals surface area contributed by atoms with Crippen molar-refractivity contribution in [2.24, 2.45) is 10.7 Å². The molecule has 4 N–H and O–H groups in total. The molecule has 0 aromatic heterocycles. The summed E-state index contributed by atoms with van der Waals surface area (Å²) in [5.74, 6) is 0.476. The highest BCUT2D eigenvalue weighted by Gasteiger charge is 2.56. The summed E-state index contributed by atoms with van der Waals surface area (Å²) >= 11 is 0. The van der Waals surface area contributed by atoms with E-state index in [1.165, 1.54) is 24.1 Å². The van der Waals surface area contributed by atoms with E-state index in [0.717, 1.165) is 0 Å². The molecular weight excluding hydrogens is 241 g/mol. The van der Waals surface area contributed by atoms with Crippen LogP contribution in [0.5, 0.6) is 0 Å². The Labute approximate surface area is 104 Å². The van der Waals surface area contributed by atoms with Gasteiger partial charge in [0.15, 0.2) is 11.9 Å². The SMILES string of the molecule is C=C1N=C(N)C=CN1[C@@H]1O[C@H](CO)[C@H](O)C1(C)F. The molecule has 0 radical (unpaired) electrons. The number of nitrogens with zero attached hydrogens (tertiary/aromatic N) is 2. The smallest absolute Gasteiger partial charge is 0.181 e. The van der Waals surface area contributed by atoms with Crippen molar-refractivity contribution in [3.8, 4) is 0 Å². The van der Waals surface area contributed by atoms with Crippen LogP contribution in [0.15, 0.2) is 29.7 Å². The summed E-state index contributed by atoms with van der Waals surface area (Å²) < 4.78 is 19.8. The van der Waals surface area contributed by atoms with Crippen molar-refractivity contribution in [3.05, 3.63) is 24.7 Å². The van der Waals surface area contributed by atoms with Gasteiger partial charge in [0.1, 0.15) is 23.9 Å². The molecule has 0 bridgehead atoms. The molecular formula is C11H16FN3O3. The highest BCUT2D eigenvalue weighted by Crippen LogP contribution is 2.38. The van der Waals surface area contributed by atoms with Crippen molar-refractivity contribution in [1.82, 2.24) is 4.90 Å². The van der Waals surface area contributed by atoms with Gasteiger partial charge in [0, 0.05) is 6.20 Å². The Morgan fingerprint density at radius 1 is 1.72 bits per heavy atom. The Kier molecular flexibility index (Phi) is 3.14. The predicted molar refractivity (Wildman–Crippen MR) is 63.0 cm³/mol. The molecule has 100 valence electrons. The number of aliphatic hydroxyl groups is 2. The van der Waals surface area contributed by atoms with E-state index >= 15 is 0 Å². The van der Waals surface area contributed by atoms with E-state index in [1.54, 1.807) is 0 Å². The molecule has 1 saturated heterocycles. The largest absolute Gasteiger partial charge is 0.394 e. The number of ether oxygens (including phenoxy) is 1. The number of halogens is 1. The average Bonchev–Trinajstić information content (AvgIpc) is 2.52. The zero-order chi connectivity index (χ0) is 13.5. The molecule has 2 aliphatic heterocycles. The fraction of sp³-hybridized carbons (Fsp3) is 0.545. The second-order valence-corrected chi connectivity index (χ2v) is 4.48. The average molecular weight is 257 g/mol. The van der Waals surface area contributed by atoms with Crippen molar-refractivity contribution in [3.63, 3.8) is 0 Å². The summed E-state index contributed by atoms with van der Waals surface area (Å²) in [5, 5.41) is 18.8. The predicted octanol–water partition coefficient (Wildman–Crippen LogP) is -0.550. The number of rotatable bonds is 2.